The molecule has 10 heavy (non-hydrogen) atoms. The van der Waals surface area contributed by atoms with Crippen LogP contribution in [0.3, 0.4) is 0 Å². The van der Waals surface area contributed by atoms with Crippen molar-refractivity contribution in [3.05, 3.63) is 11.6 Å². The van der Waals surface area contributed by atoms with Crippen molar-refractivity contribution in [2.24, 2.45) is 5.92 Å². The van der Waals surface area contributed by atoms with Crippen molar-refractivity contribution in [2.45, 2.75) is 32.6 Å². The summed E-state index contributed by atoms with van der Waals surface area (Å²) >= 11 is 0. The number of terminal acetylenes is 1. The minimum absolute atomic E-state index is 0.900. The first kappa shape index (κ1) is 7.41. The molecule has 0 fully saturated rings. The van der Waals surface area contributed by atoms with Crippen molar-refractivity contribution in [3.8, 4) is 12.3 Å². The molecule has 1 atom stereocenters. The molecule has 1 aliphatic carbocycles. The zero-order valence-electron chi connectivity index (χ0n) is 6.56. The Morgan fingerprint density at radius 1 is 1.80 bits per heavy atom. The van der Waals surface area contributed by atoms with Gasteiger partial charge in [-0.3, -0.25) is 0 Å². The standard InChI is InChI=1S/C10H14/c1-3-9-5-7-10(4-2)8-6-9/h1,5,10H,4,6-8H2,2H3/t10-/m0/s1. The molecule has 0 bridgehead atoms. The highest BCUT2D eigenvalue weighted by Gasteiger charge is 2.10. The maximum absolute atomic E-state index is 5.27. The van der Waals surface area contributed by atoms with Crippen molar-refractivity contribution in [2.75, 3.05) is 0 Å². The fraction of sp³-hybridized carbons (Fsp3) is 0.600. The summed E-state index contributed by atoms with van der Waals surface area (Å²) in [5.41, 5.74) is 1.21. The van der Waals surface area contributed by atoms with Crippen LogP contribution in [0, 0.1) is 18.3 Å². The fourth-order valence-corrected chi connectivity index (χ4v) is 1.39. The van der Waals surface area contributed by atoms with Gasteiger partial charge in [0.25, 0.3) is 0 Å². The fourth-order valence-electron chi connectivity index (χ4n) is 1.39. The summed E-state index contributed by atoms with van der Waals surface area (Å²) in [6.07, 6.45) is 12.4. The van der Waals surface area contributed by atoms with Crippen LogP contribution in [0.15, 0.2) is 11.6 Å². The van der Waals surface area contributed by atoms with Crippen LogP contribution >= 0.6 is 0 Å². The van der Waals surface area contributed by atoms with E-state index in [4.69, 9.17) is 6.42 Å². The molecule has 54 valence electrons. The van der Waals surface area contributed by atoms with Gasteiger partial charge in [0.2, 0.25) is 0 Å². The van der Waals surface area contributed by atoms with Crippen molar-refractivity contribution < 1.29 is 0 Å². The summed E-state index contributed by atoms with van der Waals surface area (Å²) in [7, 11) is 0. The Balaban J connectivity index is 2.46. The molecule has 0 aromatic carbocycles. The van der Waals surface area contributed by atoms with E-state index in [0.717, 1.165) is 12.3 Å². The SMILES string of the molecule is C#CC1=CC[C@H](CC)CC1. The van der Waals surface area contributed by atoms with Crippen LogP contribution in [0.1, 0.15) is 32.6 Å². The average Bonchev–Trinajstić information content (AvgIpc) is 2.05. The second kappa shape index (κ2) is 3.46. The first-order valence-corrected chi connectivity index (χ1v) is 4.02. The van der Waals surface area contributed by atoms with Crippen molar-refractivity contribution in [1.29, 1.82) is 0 Å². The molecule has 0 saturated carbocycles. The maximum atomic E-state index is 5.27. The first-order chi connectivity index (χ1) is 4.86. The predicted octanol–water partition coefficient (Wildman–Crippen LogP) is 2.76. The molecule has 0 aromatic heterocycles. The van der Waals surface area contributed by atoms with E-state index in [1.165, 1.54) is 24.8 Å². The maximum Gasteiger partial charge on any atom is -0.00221 e. The van der Waals surface area contributed by atoms with Gasteiger partial charge in [0.05, 0.1) is 0 Å². The predicted molar refractivity (Wildman–Crippen MR) is 44.5 cm³/mol. The average molecular weight is 134 g/mol. The number of allylic oxidation sites excluding steroid dienone is 2. The molecule has 1 aliphatic rings. The van der Waals surface area contributed by atoms with Crippen LogP contribution in [-0.2, 0) is 0 Å². The Labute approximate surface area is 63.3 Å². The van der Waals surface area contributed by atoms with Crippen LogP contribution in [-0.4, -0.2) is 0 Å². The van der Waals surface area contributed by atoms with Crippen LogP contribution in [0.2, 0.25) is 0 Å². The highest BCUT2D eigenvalue weighted by molar-refractivity contribution is 5.26. The third kappa shape index (κ3) is 1.64. The summed E-state index contributed by atoms with van der Waals surface area (Å²) in [6, 6.07) is 0. The molecule has 0 nitrogen and oxygen atoms in total. The van der Waals surface area contributed by atoms with E-state index < -0.39 is 0 Å². The van der Waals surface area contributed by atoms with Crippen molar-refractivity contribution >= 4 is 0 Å². The molecule has 0 aromatic rings. The van der Waals surface area contributed by atoms with E-state index in [-0.39, 0.29) is 0 Å². The zero-order chi connectivity index (χ0) is 7.40. The third-order valence-electron chi connectivity index (χ3n) is 2.28. The van der Waals surface area contributed by atoms with Gasteiger partial charge in [-0.15, -0.1) is 6.42 Å². The molecule has 1 rings (SSSR count). The van der Waals surface area contributed by atoms with Crippen LogP contribution in [0.5, 0.6) is 0 Å². The molecule has 0 saturated heterocycles. The third-order valence-corrected chi connectivity index (χ3v) is 2.28. The van der Waals surface area contributed by atoms with Gasteiger partial charge in [0.1, 0.15) is 0 Å². The lowest BCUT2D eigenvalue weighted by molar-refractivity contribution is 0.460. The second-order valence-electron chi connectivity index (χ2n) is 2.92. The molecule has 0 N–H and O–H groups in total. The molecule has 0 spiro atoms. The highest BCUT2D eigenvalue weighted by Crippen LogP contribution is 2.24. The zero-order valence-corrected chi connectivity index (χ0v) is 6.56. The summed E-state index contributed by atoms with van der Waals surface area (Å²) < 4.78 is 0. The van der Waals surface area contributed by atoms with E-state index in [9.17, 15) is 0 Å². The monoisotopic (exact) mass is 134 g/mol. The lowest BCUT2D eigenvalue weighted by atomic mass is 9.88. The van der Waals surface area contributed by atoms with E-state index in [0.29, 0.717) is 0 Å². The molecule has 0 amide bonds. The number of rotatable bonds is 1. The Bertz CT molecular complexity index is 169. The molecule has 0 heteroatoms. The molecule has 0 aliphatic heterocycles. The van der Waals surface area contributed by atoms with Gasteiger partial charge in [-0.05, 0) is 30.8 Å². The Morgan fingerprint density at radius 3 is 3.00 bits per heavy atom. The lowest BCUT2D eigenvalue weighted by Gasteiger charge is -2.17. The summed E-state index contributed by atoms with van der Waals surface area (Å²) in [6.45, 7) is 2.25. The van der Waals surface area contributed by atoms with Crippen LogP contribution < -0.4 is 0 Å². The minimum atomic E-state index is 0.900. The van der Waals surface area contributed by atoms with Crippen LogP contribution in [0.4, 0.5) is 0 Å². The molecular weight excluding hydrogens is 120 g/mol. The van der Waals surface area contributed by atoms with E-state index in [1.54, 1.807) is 0 Å². The number of hydrogen-bond donors (Lipinski definition) is 0. The Hall–Kier alpha value is -0.700. The largest absolute Gasteiger partial charge is 0.115 e. The molecular formula is C10H14. The number of hydrogen-bond acceptors (Lipinski definition) is 0. The van der Waals surface area contributed by atoms with Gasteiger partial charge in [0, 0.05) is 0 Å². The quantitative estimate of drug-likeness (QED) is 0.484. The van der Waals surface area contributed by atoms with E-state index >= 15 is 0 Å². The smallest absolute Gasteiger partial charge is 0.00221 e. The minimum Gasteiger partial charge on any atom is -0.115 e. The van der Waals surface area contributed by atoms with Crippen molar-refractivity contribution in [1.82, 2.24) is 0 Å². The first-order valence-electron chi connectivity index (χ1n) is 4.02. The lowest BCUT2D eigenvalue weighted by Crippen LogP contribution is -2.03. The van der Waals surface area contributed by atoms with Crippen molar-refractivity contribution in [3.63, 3.8) is 0 Å². The topological polar surface area (TPSA) is 0 Å². The van der Waals surface area contributed by atoms with Gasteiger partial charge < -0.3 is 0 Å². The van der Waals surface area contributed by atoms with E-state index in [1.807, 2.05) is 0 Å². The summed E-state index contributed by atoms with van der Waals surface area (Å²) in [5, 5.41) is 0. The molecule has 0 heterocycles. The van der Waals surface area contributed by atoms with Gasteiger partial charge >= 0.3 is 0 Å². The summed E-state index contributed by atoms with van der Waals surface area (Å²) in [4.78, 5) is 0. The molecule has 0 unspecified atom stereocenters. The molecule has 0 radical (unpaired) electrons. The van der Waals surface area contributed by atoms with Gasteiger partial charge in [-0.25, -0.2) is 0 Å². The normalized spacial score (nSPS) is 25.2. The van der Waals surface area contributed by atoms with Gasteiger partial charge in [-0.1, -0.05) is 25.3 Å². The van der Waals surface area contributed by atoms with Gasteiger partial charge in [-0.2, -0.15) is 0 Å². The Kier molecular flexibility index (Phi) is 2.57. The summed E-state index contributed by atoms with van der Waals surface area (Å²) in [5.74, 6) is 3.61. The van der Waals surface area contributed by atoms with E-state index in [2.05, 4.69) is 18.9 Å². The van der Waals surface area contributed by atoms with Gasteiger partial charge in [0.15, 0.2) is 0 Å². The second-order valence-corrected chi connectivity index (χ2v) is 2.92. The highest BCUT2D eigenvalue weighted by atomic mass is 14.1. The van der Waals surface area contributed by atoms with Crippen LogP contribution in [0.25, 0.3) is 0 Å². The Morgan fingerprint density at radius 2 is 2.60 bits per heavy atom.